The lowest BCUT2D eigenvalue weighted by Gasteiger charge is -2.25. The number of ketones is 2. The van der Waals surface area contributed by atoms with Crippen LogP contribution < -0.4 is 0 Å². The summed E-state index contributed by atoms with van der Waals surface area (Å²) in [6.45, 7) is 10.6. The van der Waals surface area contributed by atoms with Gasteiger partial charge in [-0.25, -0.2) is 0 Å². The highest BCUT2D eigenvalue weighted by Gasteiger charge is 2.35. The van der Waals surface area contributed by atoms with E-state index in [0.717, 1.165) is 30.4 Å². The fourth-order valence-electron chi connectivity index (χ4n) is 5.78. The van der Waals surface area contributed by atoms with Crippen LogP contribution in [0.25, 0.3) is 0 Å². The van der Waals surface area contributed by atoms with Crippen molar-refractivity contribution in [2.75, 3.05) is 0 Å². The van der Waals surface area contributed by atoms with E-state index in [1.165, 1.54) is 33.4 Å². The summed E-state index contributed by atoms with van der Waals surface area (Å²) in [7, 11) is 0. The Labute approximate surface area is 210 Å². The summed E-state index contributed by atoms with van der Waals surface area (Å²) in [6.07, 6.45) is 3.86. The Balaban J connectivity index is 1.48. The Morgan fingerprint density at radius 1 is 0.914 bits per heavy atom. The lowest BCUT2D eigenvalue weighted by molar-refractivity contribution is -0.124. The second-order valence-corrected chi connectivity index (χ2v) is 10.5. The first kappa shape index (κ1) is 25.1. The van der Waals surface area contributed by atoms with E-state index in [1.807, 2.05) is 25.1 Å². The van der Waals surface area contributed by atoms with Crippen molar-refractivity contribution in [3.8, 4) is 0 Å². The summed E-state index contributed by atoms with van der Waals surface area (Å²) in [5.41, 5.74) is 9.88. The van der Waals surface area contributed by atoms with Crippen LogP contribution in [0.5, 0.6) is 0 Å². The molecule has 3 atom stereocenters. The zero-order valence-corrected chi connectivity index (χ0v) is 21.9. The van der Waals surface area contributed by atoms with E-state index in [4.69, 9.17) is 0 Å². The third-order valence-corrected chi connectivity index (χ3v) is 8.22. The van der Waals surface area contributed by atoms with Crippen LogP contribution in [0.4, 0.5) is 0 Å². The van der Waals surface area contributed by atoms with Gasteiger partial charge in [-0.15, -0.1) is 0 Å². The van der Waals surface area contributed by atoms with Gasteiger partial charge in [0.2, 0.25) is 0 Å². The molecule has 0 saturated carbocycles. The molecule has 0 amide bonds. The lowest BCUT2D eigenvalue weighted by atomic mass is 9.78. The summed E-state index contributed by atoms with van der Waals surface area (Å²) in [5.74, 6) is 0.749. The average molecular weight is 467 g/mol. The van der Waals surface area contributed by atoms with Gasteiger partial charge in [0.1, 0.15) is 11.6 Å². The average Bonchev–Trinajstić information content (AvgIpc) is 3.29. The van der Waals surface area contributed by atoms with Gasteiger partial charge in [0.25, 0.3) is 0 Å². The molecular weight excluding hydrogens is 428 g/mol. The molecule has 35 heavy (non-hydrogen) atoms. The minimum absolute atomic E-state index is 0.0241. The molecule has 0 N–H and O–H groups in total. The van der Waals surface area contributed by atoms with Gasteiger partial charge in [-0.2, -0.15) is 0 Å². The molecule has 0 fully saturated rings. The van der Waals surface area contributed by atoms with E-state index in [-0.39, 0.29) is 17.8 Å². The molecule has 4 rings (SSSR count). The van der Waals surface area contributed by atoms with E-state index >= 15 is 0 Å². The molecular formula is C33H38O2. The molecule has 2 nitrogen and oxygen atoms in total. The molecule has 0 saturated heterocycles. The number of carbonyl (C=O) groups excluding carboxylic acids is 2. The first-order valence-electron chi connectivity index (χ1n) is 13.0. The lowest BCUT2D eigenvalue weighted by Crippen LogP contribution is -2.23. The number of rotatable bonds is 9. The molecule has 3 aromatic rings. The fourth-order valence-corrected chi connectivity index (χ4v) is 5.78. The molecule has 0 heterocycles. The number of aryl methyl sites for hydroxylation is 3. The smallest absolute Gasteiger partial charge is 0.143 e. The molecule has 2 heteroatoms. The monoisotopic (exact) mass is 466 g/mol. The quantitative estimate of drug-likeness (QED) is 0.329. The van der Waals surface area contributed by atoms with Gasteiger partial charge >= 0.3 is 0 Å². The van der Waals surface area contributed by atoms with Crippen molar-refractivity contribution >= 4 is 11.6 Å². The summed E-state index contributed by atoms with van der Waals surface area (Å²) in [4.78, 5) is 26.3. The molecule has 0 aliphatic heterocycles. The summed E-state index contributed by atoms with van der Waals surface area (Å²) < 4.78 is 0. The van der Waals surface area contributed by atoms with Crippen LogP contribution in [0.2, 0.25) is 0 Å². The SMILES string of the molecule is Cc1ccc(C(C)C(=O)C(C)C2CCc3cc(CC(=O)CCc4ccccc4)c(C)c(C)c32)cc1. The molecule has 0 aromatic heterocycles. The van der Waals surface area contributed by atoms with E-state index in [9.17, 15) is 9.59 Å². The normalized spacial score (nSPS) is 16.5. The van der Waals surface area contributed by atoms with Crippen LogP contribution in [0.3, 0.4) is 0 Å². The van der Waals surface area contributed by atoms with E-state index in [2.05, 4.69) is 70.2 Å². The molecule has 182 valence electrons. The minimum Gasteiger partial charge on any atom is -0.299 e. The third-order valence-electron chi connectivity index (χ3n) is 8.22. The predicted molar refractivity (Wildman–Crippen MR) is 144 cm³/mol. The highest BCUT2D eigenvalue weighted by Crippen LogP contribution is 2.43. The number of hydrogen-bond acceptors (Lipinski definition) is 2. The van der Waals surface area contributed by atoms with Gasteiger partial charge < -0.3 is 0 Å². The van der Waals surface area contributed by atoms with Gasteiger partial charge in [-0.3, -0.25) is 9.59 Å². The molecule has 0 bridgehead atoms. The molecule has 1 aliphatic rings. The van der Waals surface area contributed by atoms with Crippen LogP contribution in [0.1, 0.15) is 83.0 Å². The summed E-state index contributed by atoms with van der Waals surface area (Å²) in [5, 5.41) is 0. The molecule has 3 aromatic carbocycles. The molecule has 1 aliphatic carbocycles. The zero-order valence-electron chi connectivity index (χ0n) is 21.9. The van der Waals surface area contributed by atoms with Crippen LogP contribution in [0.15, 0.2) is 60.7 Å². The Morgan fingerprint density at radius 3 is 2.29 bits per heavy atom. The highest BCUT2D eigenvalue weighted by molar-refractivity contribution is 5.88. The van der Waals surface area contributed by atoms with Crippen molar-refractivity contribution in [1.82, 2.24) is 0 Å². The Hall–Kier alpha value is -3.00. The van der Waals surface area contributed by atoms with E-state index in [1.54, 1.807) is 0 Å². The Morgan fingerprint density at radius 2 is 1.60 bits per heavy atom. The number of carbonyl (C=O) groups is 2. The van der Waals surface area contributed by atoms with Gasteiger partial charge in [0, 0.05) is 24.7 Å². The van der Waals surface area contributed by atoms with Crippen LogP contribution in [-0.2, 0) is 28.9 Å². The Kier molecular flexibility index (Phi) is 7.69. The van der Waals surface area contributed by atoms with Crippen molar-refractivity contribution in [1.29, 1.82) is 0 Å². The maximum Gasteiger partial charge on any atom is 0.143 e. The zero-order chi connectivity index (χ0) is 25.1. The first-order valence-corrected chi connectivity index (χ1v) is 13.0. The number of hydrogen-bond donors (Lipinski definition) is 0. The van der Waals surface area contributed by atoms with E-state index in [0.29, 0.717) is 24.4 Å². The topological polar surface area (TPSA) is 34.1 Å². The summed E-state index contributed by atoms with van der Waals surface area (Å²) in [6, 6.07) is 20.8. The van der Waals surface area contributed by atoms with Crippen molar-refractivity contribution in [3.05, 3.63) is 105 Å². The van der Waals surface area contributed by atoms with Crippen LogP contribution in [0, 0.1) is 26.7 Å². The van der Waals surface area contributed by atoms with Gasteiger partial charge in [0.15, 0.2) is 0 Å². The summed E-state index contributed by atoms with van der Waals surface area (Å²) >= 11 is 0. The first-order chi connectivity index (χ1) is 16.8. The molecule has 0 radical (unpaired) electrons. The second-order valence-electron chi connectivity index (χ2n) is 10.5. The van der Waals surface area contributed by atoms with Crippen molar-refractivity contribution < 1.29 is 9.59 Å². The standard InChI is InChI=1S/C33H38O2/c1-21-11-14-27(15-12-21)24(4)33(35)25(5)31-18-16-28-19-29(22(2)23(3)32(28)31)20-30(34)17-13-26-9-7-6-8-10-26/h6-12,14-15,19,24-25,31H,13,16-18,20H2,1-5H3. The Bertz CT molecular complexity index is 1200. The maximum absolute atomic E-state index is 13.5. The van der Waals surface area contributed by atoms with E-state index < -0.39 is 0 Å². The van der Waals surface area contributed by atoms with Gasteiger partial charge in [-0.05, 0) is 84.9 Å². The predicted octanol–water partition coefficient (Wildman–Crippen LogP) is 7.39. The third kappa shape index (κ3) is 5.48. The van der Waals surface area contributed by atoms with Crippen LogP contribution >= 0.6 is 0 Å². The largest absolute Gasteiger partial charge is 0.299 e. The highest BCUT2D eigenvalue weighted by atomic mass is 16.1. The molecule has 0 spiro atoms. The van der Waals surface area contributed by atoms with Crippen molar-refractivity contribution in [3.63, 3.8) is 0 Å². The van der Waals surface area contributed by atoms with Gasteiger partial charge in [-0.1, -0.05) is 80.1 Å². The number of Topliss-reactive ketones (excluding diaryl/α,β-unsaturated/α-hetero) is 2. The number of fused-ring (bicyclic) bond motifs is 1. The van der Waals surface area contributed by atoms with Gasteiger partial charge in [0.05, 0.1) is 0 Å². The number of benzene rings is 3. The van der Waals surface area contributed by atoms with Crippen molar-refractivity contribution in [2.24, 2.45) is 5.92 Å². The second kappa shape index (κ2) is 10.7. The fraction of sp³-hybridized carbons (Fsp3) is 0.394. The van der Waals surface area contributed by atoms with Crippen molar-refractivity contribution in [2.45, 2.75) is 78.6 Å². The molecule has 3 unspecified atom stereocenters. The minimum atomic E-state index is -0.0995. The van der Waals surface area contributed by atoms with Crippen LogP contribution in [-0.4, -0.2) is 11.6 Å². The maximum atomic E-state index is 13.5.